The lowest BCUT2D eigenvalue weighted by atomic mass is 9.84. The van der Waals surface area contributed by atoms with Crippen LogP contribution in [0.1, 0.15) is 36.8 Å². The van der Waals surface area contributed by atoms with Crippen LogP contribution in [0.15, 0.2) is 18.2 Å². The van der Waals surface area contributed by atoms with Crippen molar-refractivity contribution in [2.45, 2.75) is 38.6 Å². The number of carboxylic acids is 1. The van der Waals surface area contributed by atoms with E-state index in [4.69, 9.17) is 5.26 Å². The second kappa shape index (κ2) is 5.75. The van der Waals surface area contributed by atoms with Crippen LogP contribution in [0, 0.1) is 24.2 Å². The third-order valence-corrected chi connectivity index (χ3v) is 3.72. The maximum absolute atomic E-state index is 11.3. The molecule has 0 spiro atoms. The van der Waals surface area contributed by atoms with Gasteiger partial charge in [0.15, 0.2) is 0 Å². The molecule has 1 saturated carbocycles. The van der Waals surface area contributed by atoms with E-state index in [1.54, 1.807) is 6.07 Å². The van der Waals surface area contributed by atoms with Crippen molar-refractivity contribution >= 4 is 11.7 Å². The molecule has 2 unspecified atom stereocenters. The molecule has 0 heterocycles. The summed E-state index contributed by atoms with van der Waals surface area (Å²) in [6.07, 6.45) is 3.56. The summed E-state index contributed by atoms with van der Waals surface area (Å²) in [7, 11) is 0. The standard InChI is InChI=1S/C15H18N2O2/c1-10-6-7-11(9-16)14(8-10)17-13-5-3-2-4-12(13)15(18)19/h6-8,12-13,17H,2-5H2,1H3,(H,18,19). The summed E-state index contributed by atoms with van der Waals surface area (Å²) in [6, 6.07) is 7.63. The summed E-state index contributed by atoms with van der Waals surface area (Å²) < 4.78 is 0. The van der Waals surface area contributed by atoms with E-state index in [0.717, 1.165) is 30.5 Å². The number of aryl methyl sites for hydroxylation is 1. The highest BCUT2D eigenvalue weighted by Crippen LogP contribution is 2.29. The number of carbonyl (C=O) groups is 1. The van der Waals surface area contributed by atoms with Crippen LogP contribution in [-0.4, -0.2) is 17.1 Å². The lowest BCUT2D eigenvalue weighted by Crippen LogP contribution is -2.37. The molecule has 2 rings (SSSR count). The Kier molecular flexibility index (Phi) is 4.06. The third-order valence-electron chi connectivity index (χ3n) is 3.72. The number of hydrogen-bond acceptors (Lipinski definition) is 3. The summed E-state index contributed by atoms with van der Waals surface area (Å²) in [5, 5.41) is 21.6. The quantitative estimate of drug-likeness (QED) is 0.874. The van der Waals surface area contributed by atoms with Gasteiger partial charge < -0.3 is 10.4 Å². The predicted octanol–water partition coefficient (Wildman–Crippen LogP) is 2.92. The van der Waals surface area contributed by atoms with E-state index in [1.165, 1.54) is 0 Å². The van der Waals surface area contributed by atoms with Gasteiger partial charge in [-0.2, -0.15) is 5.26 Å². The molecule has 0 amide bonds. The lowest BCUT2D eigenvalue weighted by molar-refractivity contribution is -0.143. The molecule has 1 aromatic carbocycles. The van der Waals surface area contributed by atoms with Crippen LogP contribution in [0.3, 0.4) is 0 Å². The minimum atomic E-state index is -0.747. The SMILES string of the molecule is Cc1ccc(C#N)c(NC2CCCCC2C(=O)O)c1. The number of hydrogen-bond donors (Lipinski definition) is 2. The number of nitrogens with zero attached hydrogens (tertiary/aromatic N) is 1. The minimum Gasteiger partial charge on any atom is -0.481 e. The molecule has 4 nitrogen and oxygen atoms in total. The van der Waals surface area contributed by atoms with E-state index in [9.17, 15) is 9.90 Å². The summed E-state index contributed by atoms with van der Waals surface area (Å²) in [4.78, 5) is 11.3. The molecule has 1 aliphatic carbocycles. The molecule has 0 saturated heterocycles. The van der Waals surface area contributed by atoms with Crippen molar-refractivity contribution in [3.8, 4) is 6.07 Å². The van der Waals surface area contributed by atoms with Crippen molar-refractivity contribution in [2.75, 3.05) is 5.32 Å². The van der Waals surface area contributed by atoms with Crippen molar-refractivity contribution in [3.05, 3.63) is 29.3 Å². The van der Waals surface area contributed by atoms with Gasteiger partial charge in [-0.05, 0) is 37.5 Å². The number of nitrogens with one attached hydrogen (secondary N) is 1. The van der Waals surface area contributed by atoms with Gasteiger partial charge in [0.1, 0.15) is 6.07 Å². The molecular weight excluding hydrogens is 240 g/mol. The van der Waals surface area contributed by atoms with Gasteiger partial charge in [-0.1, -0.05) is 18.9 Å². The predicted molar refractivity (Wildman–Crippen MR) is 72.9 cm³/mol. The minimum absolute atomic E-state index is 0.0832. The van der Waals surface area contributed by atoms with Crippen molar-refractivity contribution < 1.29 is 9.90 Å². The summed E-state index contributed by atoms with van der Waals surface area (Å²) in [5.74, 6) is -1.11. The molecule has 4 heteroatoms. The second-order valence-electron chi connectivity index (χ2n) is 5.14. The van der Waals surface area contributed by atoms with Crippen molar-refractivity contribution in [3.63, 3.8) is 0 Å². The Hall–Kier alpha value is -2.02. The first-order valence-electron chi connectivity index (χ1n) is 6.62. The highest BCUT2D eigenvalue weighted by Gasteiger charge is 2.31. The fourth-order valence-electron chi connectivity index (χ4n) is 2.67. The largest absolute Gasteiger partial charge is 0.481 e. The molecule has 0 bridgehead atoms. The molecule has 0 radical (unpaired) electrons. The Morgan fingerprint density at radius 1 is 1.42 bits per heavy atom. The first-order valence-corrected chi connectivity index (χ1v) is 6.62. The number of nitriles is 1. The van der Waals surface area contributed by atoms with Crippen molar-refractivity contribution in [1.29, 1.82) is 5.26 Å². The second-order valence-corrected chi connectivity index (χ2v) is 5.14. The summed E-state index contributed by atoms with van der Waals surface area (Å²) in [5.41, 5.74) is 2.38. The van der Waals surface area contributed by atoms with Gasteiger partial charge in [-0.25, -0.2) is 0 Å². The highest BCUT2D eigenvalue weighted by molar-refractivity contribution is 5.72. The third kappa shape index (κ3) is 3.05. The van der Waals surface area contributed by atoms with E-state index >= 15 is 0 Å². The van der Waals surface area contributed by atoms with Gasteiger partial charge in [0.25, 0.3) is 0 Å². The maximum atomic E-state index is 11.3. The fraction of sp³-hybridized carbons (Fsp3) is 0.467. The first kappa shape index (κ1) is 13.4. The van der Waals surface area contributed by atoms with Gasteiger partial charge in [0, 0.05) is 6.04 Å². The molecule has 100 valence electrons. The number of aliphatic carboxylic acids is 1. The van der Waals surface area contributed by atoms with Crippen molar-refractivity contribution in [1.82, 2.24) is 0 Å². The summed E-state index contributed by atoms with van der Waals surface area (Å²) in [6.45, 7) is 1.96. The number of carboxylic acid groups (broad SMARTS) is 1. The molecule has 2 atom stereocenters. The molecule has 2 N–H and O–H groups in total. The Morgan fingerprint density at radius 2 is 2.16 bits per heavy atom. The number of rotatable bonds is 3. The first-order chi connectivity index (χ1) is 9.11. The molecule has 1 aromatic rings. The average molecular weight is 258 g/mol. The molecular formula is C15H18N2O2. The Morgan fingerprint density at radius 3 is 2.84 bits per heavy atom. The topological polar surface area (TPSA) is 73.1 Å². The Balaban J connectivity index is 2.22. The van der Waals surface area contributed by atoms with E-state index in [-0.39, 0.29) is 12.0 Å². The van der Waals surface area contributed by atoms with Gasteiger partial charge >= 0.3 is 5.97 Å². The molecule has 0 aromatic heterocycles. The van der Waals surface area contributed by atoms with Crippen LogP contribution in [-0.2, 0) is 4.79 Å². The zero-order chi connectivity index (χ0) is 13.8. The Labute approximate surface area is 113 Å². The zero-order valence-electron chi connectivity index (χ0n) is 11.0. The van der Waals surface area contributed by atoms with Crippen LogP contribution in [0.2, 0.25) is 0 Å². The highest BCUT2D eigenvalue weighted by atomic mass is 16.4. The van der Waals surface area contributed by atoms with E-state index in [2.05, 4.69) is 11.4 Å². The van der Waals surface area contributed by atoms with Gasteiger partial charge in [0.05, 0.1) is 17.2 Å². The zero-order valence-corrected chi connectivity index (χ0v) is 11.0. The average Bonchev–Trinajstić information content (AvgIpc) is 2.39. The van der Waals surface area contributed by atoms with Gasteiger partial charge in [0.2, 0.25) is 0 Å². The normalized spacial score (nSPS) is 22.5. The van der Waals surface area contributed by atoms with E-state index in [0.29, 0.717) is 12.0 Å². The molecule has 1 fully saturated rings. The lowest BCUT2D eigenvalue weighted by Gasteiger charge is -2.30. The molecule has 1 aliphatic rings. The monoisotopic (exact) mass is 258 g/mol. The van der Waals surface area contributed by atoms with Crippen LogP contribution in [0.25, 0.3) is 0 Å². The van der Waals surface area contributed by atoms with Crippen LogP contribution < -0.4 is 5.32 Å². The maximum Gasteiger partial charge on any atom is 0.308 e. The van der Waals surface area contributed by atoms with Crippen LogP contribution in [0.4, 0.5) is 5.69 Å². The van der Waals surface area contributed by atoms with Crippen LogP contribution >= 0.6 is 0 Å². The number of benzene rings is 1. The van der Waals surface area contributed by atoms with Crippen molar-refractivity contribution in [2.24, 2.45) is 5.92 Å². The van der Waals surface area contributed by atoms with Gasteiger partial charge in [-0.3, -0.25) is 4.79 Å². The van der Waals surface area contributed by atoms with E-state index in [1.807, 2.05) is 19.1 Å². The smallest absolute Gasteiger partial charge is 0.308 e. The number of anilines is 1. The van der Waals surface area contributed by atoms with Crippen LogP contribution in [0.5, 0.6) is 0 Å². The van der Waals surface area contributed by atoms with E-state index < -0.39 is 5.97 Å². The van der Waals surface area contributed by atoms with Gasteiger partial charge in [-0.15, -0.1) is 0 Å². The fourth-order valence-corrected chi connectivity index (χ4v) is 2.67. The molecule has 0 aliphatic heterocycles. The summed E-state index contributed by atoms with van der Waals surface area (Å²) >= 11 is 0. The molecule has 19 heavy (non-hydrogen) atoms. The Bertz CT molecular complexity index is 519.